The van der Waals surface area contributed by atoms with Crippen molar-refractivity contribution in [2.24, 2.45) is 11.8 Å². The van der Waals surface area contributed by atoms with Gasteiger partial charge in [0.05, 0.1) is 11.7 Å². The summed E-state index contributed by atoms with van der Waals surface area (Å²) in [6, 6.07) is 10.1. The molecule has 0 radical (unpaired) electrons. The third-order valence-corrected chi connectivity index (χ3v) is 6.25. The molecule has 2 aliphatic rings. The van der Waals surface area contributed by atoms with Crippen molar-refractivity contribution >= 4 is 5.91 Å². The highest BCUT2D eigenvalue weighted by Gasteiger charge is 2.30. The zero-order valence-corrected chi connectivity index (χ0v) is 18.8. The van der Waals surface area contributed by atoms with Crippen molar-refractivity contribution in [2.45, 2.75) is 52.6 Å². The number of ether oxygens (including phenoxy) is 2. The Morgan fingerprint density at radius 1 is 1.19 bits per heavy atom. The smallest absolute Gasteiger partial charge is 0.231 e. The van der Waals surface area contributed by atoms with Gasteiger partial charge in [-0.05, 0) is 80.1 Å². The molecule has 4 rings (SSSR count). The standard InChI is InChI=1S/C25H33N3O3/c1-17(2)12-24(29)27-25(21-6-4-5-9-26-21)19-7-10-28(11-8-19)15-20-14-23-22(13-18(20)3)30-16-31-23/h4-6,9,13-14,17,19,25H,7-8,10-12,15-16H2,1-3H3,(H,27,29)/t25-/m0/s1. The minimum Gasteiger partial charge on any atom is -0.454 e. The number of aryl methyl sites for hydroxylation is 1. The summed E-state index contributed by atoms with van der Waals surface area (Å²) in [4.78, 5) is 19.6. The Morgan fingerprint density at radius 2 is 1.94 bits per heavy atom. The number of benzene rings is 1. The molecule has 2 aromatic rings. The molecular weight excluding hydrogens is 390 g/mol. The van der Waals surface area contributed by atoms with Gasteiger partial charge in [-0.15, -0.1) is 0 Å². The molecule has 1 aromatic heterocycles. The lowest BCUT2D eigenvalue weighted by atomic mass is 9.86. The average Bonchev–Trinajstić information content (AvgIpc) is 3.20. The van der Waals surface area contributed by atoms with E-state index in [4.69, 9.17) is 9.47 Å². The quantitative estimate of drug-likeness (QED) is 0.722. The highest BCUT2D eigenvalue weighted by atomic mass is 16.7. The Kier molecular flexibility index (Phi) is 6.76. The van der Waals surface area contributed by atoms with Gasteiger partial charge < -0.3 is 14.8 Å². The number of pyridine rings is 1. The molecule has 0 unspecified atom stereocenters. The first-order valence-corrected chi connectivity index (χ1v) is 11.3. The Morgan fingerprint density at radius 3 is 2.61 bits per heavy atom. The number of aromatic nitrogens is 1. The summed E-state index contributed by atoms with van der Waals surface area (Å²) in [5.41, 5.74) is 3.48. The number of amides is 1. The monoisotopic (exact) mass is 423 g/mol. The van der Waals surface area contributed by atoms with Crippen LogP contribution in [0.2, 0.25) is 0 Å². The van der Waals surface area contributed by atoms with E-state index in [-0.39, 0.29) is 11.9 Å². The number of piperidine rings is 1. The van der Waals surface area contributed by atoms with E-state index in [1.165, 1.54) is 11.1 Å². The van der Waals surface area contributed by atoms with Crippen LogP contribution in [0.15, 0.2) is 36.5 Å². The lowest BCUT2D eigenvalue weighted by Gasteiger charge is -2.36. The van der Waals surface area contributed by atoms with Crippen molar-refractivity contribution in [3.63, 3.8) is 0 Å². The van der Waals surface area contributed by atoms with Crippen molar-refractivity contribution in [1.29, 1.82) is 0 Å². The predicted octanol–water partition coefficient (Wildman–Crippen LogP) is 4.23. The van der Waals surface area contributed by atoms with Crippen LogP contribution >= 0.6 is 0 Å². The van der Waals surface area contributed by atoms with Gasteiger partial charge in [0.15, 0.2) is 11.5 Å². The lowest BCUT2D eigenvalue weighted by molar-refractivity contribution is -0.123. The summed E-state index contributed by atoms with van der Waals surface area (Å²) >= 11 is 0. The Hall–Kier alpha value is -2.60. The molecule has 1 saturated heterocycles. The van der Waals surface area contributed by atoms with Gasteiger partial charge in [0, 0.05) is 19.2 Å². The lowest BCUT2D eigenvalue weighted by Crippen LogP contribution is -2.41. The van der Waals surface area contributed by atoms with Crippen molar-refractivity contribution in [3.05, 3.63) is 53.3 Å². The highest BCUT2D eigenvalue weighted by molar-refractivity contribution is 5.76. The van der Waals surface area contributed by atoms with Crippen LogP contribution in [0.3, 0.4) is 0 Å². The molecule has 6 nitrogen and oxygen atoms in total. The molecule has 0 spiro atoms. The highest BCUT2D eigenvalue weighted by Crippen LogP contribution is 2.36. The van der Waals surface area contributed by atoms with Crippen molar-refractivity contribution in [1.82, 2.24) is 15.2 Å². The second-order valence-corrected chi connectivity index (χ2v) is 9.14. The van der Waals surface area contributed by atoms with Gasteiger partial charge in [-0.2, -0.15) is 0 Å². The van der Waals surface area contributed by atoms with Crippen LogP contribution in [-0.4, -0.2) is 35.7 Å². The van der Waals surface area contributed by atoms with E-state index >= 15 is 0 Å². The van der Waals surface area contributed by atoms with Crippen LogP contribution in [0.4, 0.5) is 0 Å². The van der Waals surface area contributed by atoms with Gasteiger partial charge in [0.2, 0.25) is 12.7 Å². The number of likely N-dealkylation sites (tertiary alicyclic amines) is 1. The predicted molar refractivity (Wildman–Crippen MR) is 120 cm³/mol. The van der Waals surface area contributed by atoms with Crippen LogP contribution in [0.25, 0.3) is 0 Å². The summed E-state index contributed by atoms with van der Waals surface area (Å²) in [7, 11) is 0. The average molecular weight is 424 g/mol. The van der Waals surface area contributed by atoms with Crippen LogP contribution in [0, 0.1) is 18.8 Å². The number of carbonyl (C=O) groups is 1. The largest absolute Gasteiger partial charge is 0.454 e. The normalized spacial score (nSPS) is 17.7. The maximum atomic E-state index is 12.5. The topological polar surface area (TPSA) is 63.7 Å². The van der Waals surface area contributed by atoms with Crippen LogP contribution < -0.4 is 14.8 Å². The number of nitrogens with one attached hydrogen (secondary N) is 1. The second kappa shape index (κ2) is 9.69. The summed E-state index contributed by atoms with van der Waals surface area (Å²) in [5.74, 6) is 2.54. The third kappa shape index (κ3) is 5.37. The zero-order chi connectivity index (χ0) is 21.8. The van der Waals surface area contributed by atoms with E-state index in [1.807, 2.05) is 24.4 Å². The Balaban J connectivity index is 1.40. The van der Waals surface area contributed by atoms with Gasteiger partial charge in [-0.3, -0.25) is 14.7 Å². The molecule has 3 heterocycles. The van der Waals surface area contributed by atoms with E-state index < -0.39 is 0 Å². The molecule has 6 heteroatoms. The van der Waals surface area contributed by atoms with Gasteiger partial charge in [0.1, 0.15) is 0 Å². The summed E-state index contributed by atoms with van der Waals surface area (Å²) < 4.78 is 11.0. The SMILES string of the molecule is Cc1cc2c(cc1CN1CCC([C@H](NC(=O)CC(C)C)c3ccccn3)CC1)OCO2. The fourth-order valence-electron chi connectivity index (χ4n) is 4.54. The Labute approximate surface area is 185 Å². The number of fused-ring (bicyclic) bond motifs is 1. The first-order chi connectivity index (χ1) is 15.0. The number of hydrogen-bond acceptors (Lipinski definition) is 5. The molecule has 1 atom stereocenters. The summed E-state index contributed by atoms with van der Waals surface area (Å²) in [6.07, 6.45) is 4.43. The summed E-state index contributed by atoms with van der Waals surface area (Å²) in [5, 5.41) is 3.29. The molecular formula is C25H33N3O3. The van der Waals surface area contributed by atoms with Crippen molar-refractivity contribution in [3.8, 4) is 11.5 Å². The van der Waals surface area contributed by atoms with Crippen molar-refractivity contribution in [2.75, 3.05) is 19.9 Å². The molecule has 1 N–H and O–H groups in total. The second-order valence-electron chi connectivity index (χ2n) is 9.14. The molecule has 0 saturated carbocycles. The van der Waals surface area contributed by atoms with E-state index in [9.17, 15) is 4.79 Å². The van der Waals surface area contributed by atoms with Crippen molar-refractivity contribution < 1.29 is 14.3 Å². The van der Waals surface area contributed by atoms with E-state index in [0.717, 1.165) is 49.7 Å². The summed E-state index contributed by atoms with van der Waals surface area (Å²) in [6.45, 7) is 9.50. The Bertz CT molecular complexity index is 892. The fraction of sp³-hybridized carbons (Fsp3) is 0.520. The molecule has 166 valence electrons. The van der Waals surface area contributed by atoms with Crippen LogP contribution in [-0.2, 0) is 11.3 Å². The molecule has 1 fully saturated rings. The van der Waals surface area contributed by atoms with Gasteiger partial charge >= 0.3 is 0 Å². The molecule has 0 aliphatic carbocycles. The molecule has 1 amide bonds. The molecule has 1 aromatic carbocycles. The minimum absolute atomic E-state index is 0.0260. The fourth-order valence-corrected chi connectivity index (χ4v) is 4.54. The van der Waals surface area contributed by atoms with Crippen LogP contribution in [0.5, 0.6) is 11.5 Å². The van der Waals surface area contributed by atoms with E-state index in [1.54, 1.807) is 0 Å². The van der Waals surface area contributed by atoms with Crippen LogP contribution in [0.1, 0.15) is 56.0 Å². The first kappa shape index (κ1) is 21.6. The van der Waals surface area contributed by atoms with Gasteiger partial charge in [-0.1, -0.05) is 19.9 Å². The van der Waals surface area contributed by atoms with E-state index in [2.05, 4.69) is 48.1 Å². The van der Waals surface area contributed by atoms with E-state index in [0.29, 0.717) is 25.0 Å². The number of nitrogens with zero attached hydrogens (tertiary/aromatic N) is 2. The maximum Gasteiger partial charge on any atom is 0.231 e. The number of carbonyl (C=O) groups excluding carboxylic acids is 1. The number of hydrogen-bond donors (Lipinski definition) is 1. The first-order valence-electron chi connectivity index (χ1n) is 11.3. The third-order valence-electron chi connectivity index (χ3n) is 6.25. The van der Waals surface area contributed by atoms with Gasteiger partial charge in [0.25, 0.3) is 0 Å². The zero-order valence-electron chi connectivity index (χ0n) is 18.8. The molecule has 0 bridgehead atoms. The molecule has 2 aliphatic heterocycles. The molecule has 31 heavy (non-hydrogen) atoms. The van der Waals surface area contributed by atoms with Gasteiger partial charge in [-0.25, -0.2) is 0 Å². The number of rotatable bonds is 7. The minimum atomic E-state index is -0.0260. The maximum absolute atomic E-state index is 12.5.